The summed E-state index contributed by atoms with van der Waals surface area (Å²) in [5.74, 6) is 7.80. The molecule has 0 unspecified atom stereocenters. The molecule has 3 heterocycles. The fourth-order valence-corrected chi connectivity index (χ4v) is 2.78. The number of rotatable bonds is 5. The number of nitrogens with zero attached hydrogens (tertiary/aromatic N) is 3. The van der Waals surface area contributed by atoms with Crippen LogP contribution in [0.5, 0.6) is 0 Å². The summed E-state index contributed by atoms with van der Waals surface area (Å²) in [6, 6.07) is 1.89. The summed E-state index contributed by atoms with van der Waals surface area (Å²) in [5, 5.41) is 18.9. The summed E-state index contributed by atoms with van der Waals surface area (Å²) < 4.78 is 0. The molecule has 136 valence electrons. The Hall–Kier alpha value is -2.89. The lowest BCUT2D eigenvalue weighted by atomic mass is 9.98. The number of anilines is 4. The van der Waals surface area contributed by atoms with Crippen LogP contribution in [0.1, 0.15) is 18.4 Å². The minimum Gasteiger partial charge on any atom is -0.384 e. The Morgan fingerprint density at radius 1 is 1.15 bits per heavy atom. The number of hydrogen-bond donors (Lipinski definition) is 5. The van der Waals surface area contributed by atoms with Crippen LogP contribution in [0.2, 0.25) is 0 Å². The maximum Gasteiger partial charge on any atom is 0.150 e. The largest absolute Gasteiger partial charge is 0.384 e. The number of piperidine rings is 1. The van der Waals surface area contributed by atoms with E-state index in [0.717, 1.165) is 43.7 Å². The fraction of sp³-hybridized carbons (Fsp3) is 0.389. The molecule has 2 aromatic heterocycles. The zero-order valence-corrected chi connectivity index (χ0v) is 14.5. The molecule has 3 rings (SSSR count). The molecule has 8 nitrogen and oxygen atoms in total. The average molecular weight is 353 g/mol. The number of aromatic nitrogens is 3. The first-order valence-corrected chi connectivity index (χ1v) is 8.63. The van der Waals surface area contributed by atoms with Crippen molar-refractivity contribution >= 4 is 23.1 Å². The van der Waals surface area contributed by atoms with Gasteiger partial charge in [0.15, 0.2) is 0 Å². The van der Waals surface area contributed by atoms with Crippen molar-refractivity contribution in [3.8, 4) is 11.8 Å². The van der Waals surface area contributed by atoms with Crippen LogP contribution in [-0.2, 0) is 0 Å². The molecule has 0 atom stereocenters. The Balaban J connectivity index is 1.75. The van der Waals surface area contributed by atoms with Crippen LogP contribution < -0.4 is 21.7 Å². The van der Waals surface area contributed by atoms with Crippen molar-refractivity contribution in [3.05, 3.63) is 30.2 Å². The van der Waals surface area contributed by atoms with Gasteiger partial charge in [-0.3, -0.25) is 0 Å². The molecular formula is C18H23N7O. The second-order valence-electron chi connectivity index (χ2n) is 6.10. The van der Waals surface area contributed by atoms with Gasteiger partial charge in [0, 0.05) is 18.8 Å². The Morgan fingerprint density at radius 2 is 1.96 bits per heavy atom. The molecule has 1 aliphatic heterocycles. The highest BCUT2D eigenvalue weighted by Crippen LogP contribution is 2.22. The van der Waals surface area contributed by atoms with E-state index in [1.54, 1.807) is 12.4 Å². The number of nitrogens with two attached hydrogens (primary N) is 1. The topological polar surface area (TPSA) is 121 Å². The lowest BCUT2D eigenvalue weighted by Gasteiger charge is -2.23. The lowest BCUT2D eigenvalue weighted by Crippen LogP contribution is -2.31. The Kier molecular flexibility index (Phi) is 6.19. The molecule has 0 amide bonds. The van der Waals surface area contributed by atoms with Gasteiger partial charge in [-0.2, -0.15) is 0 Å². The first kappa shape index (κ1) is 17.9. The first-order chi connectivity index (χ1) is 12.7. The molecule has 2 aromatic rings. The van der Waals surface area contributed by atoms with Crippen LogP contribution in [0.3, 0.4) is 0 Å². The van der Waals surface area contributed by atoms with Crippen molar-refractivity contribution in [1.29, 1.82) is 0 Å². The average Bonchev–Trinajstić information content (AvgIpc) is 2.68. The summed E-state index contributed by atoms with van der Waals surface area (Å²) in [5.41, 5.74) is 7.19. The predicted molar refractivity (Wildman–Crippen MR) is 102 cm³/mol. The Bertz CT molecular complexity index is 776. The van der Waals surface area contributed by atoms with E-state index in [1.807, 2.05) is 6.07 Å². The minimum absolute atomic E-state index is 0.186. The van der Waals surface area contributed by atoms with Crippen LogP contribution in [0, 0.1) is 17.8 Å². The van der Waals surface area contributed by atoms with Gasteiger partial charge in [-0.05, 0) is 31.8 Å². The van der Waals surface area contributed by atoms with Gasteiger partial charge in [-0.15, -0.1) is 0 Å². The van der Waals surface area contributed by atoms with Crippen molar-refractivity contribution in [1.82, 2.24) is 20.3 Å². The van der Waals surface area contributed by atoms with Crippen LogP contribution >= 0.6 is 0 Å². The second-order valence-corrected chi connectivity index (χ2v) is 6.10. The molecule has 0 saturated carbocycles. The number of aliphatic hydroxyl groups is 1. The molecule has 1 saturated heterocycles. The molecule has 0 aliphatic carbocycles. The smallest absolute Gasteiger partial charge is 0.150 e. The SMILES string of the molecule is Nc1cnc(Nc2cc(NCC3CCNCC3)c(C#CCO)cn2)cn1. The number of aliphatic hydroxyl groups excluding tert-OH is 1. The van der Waals surface area contributed by atoms with Crippen LogP contribution in [-0.4, -0.2) is 46.3 Å². The van der Waals surface area contributed by atoms with Gasteiger partial charge in [-0.1, -0.05) is 11.8 Å². The molecule has 6 N–H and O–H groups in total. The molecule has 0 bridgehead atoms. The maximum absolute atomic E-state index is 8.96. The van der Waals surface area contributed by atoms with E-state index in [9.17, 15) is 0 Å². The quantitative estimate of drug-likeness (QED) is 0.504. The summed E-state index contributed by atoms with van der Waals surface area (Å²) in [6.07, 6.45) is 7.03. The zero-order chi connectivity index (χ0) is 18.2. The van der Waals surface area contributed by atoms with E-state index in [4.69, 9.17) is 10.8 Å². The molecule has 8 heteroatoms. The number of pyridine rings is 1. The normalized spacial score (nSPS) is 14.3. The summed E-state index contributed by atoms with van der Waals surface area (Å²) in [6.45, 7) is 2.81. The van der Waals surface area contributed by atoms with Crippen molar-refractivity contribution in [3.63, 3.8) is 0 Å². The standard InChI is InChI=1S/C18H23N7O/c19-16-11-24-18(12-22-16)25-17-8-15(14(10-23-17)2-1-7-26)21-9-13-3-5-20-6-4-13/h8,10-13,20,26H,3-7,9H2,(H2,19,22)(H2,21,23,24,25). The highest BCUT2D eigenvalue weighted by atomic mass is 16.2. The van der Waals surface area contributed by atoms with E-state index in [2.05, 4.69) is 42.7 Å². The van der Waals surface area contributed by atoms with Gasteiger partial charge in [0.1, 0.15) is 24.1 Å². The van der Waals surface area contributed by atoms with E-state index < -0.39 is 0 Å². The van der Waals surface area contributed by atoms with Gasteiger partial charge in [-0.25, -0.2) is 15.0 Å². The molecule has 26 heavy (non-hydrogen) atoms. The monoisotopic (exact) mass is 353 g/mol. The van der Waals surface area contributed by atoms with Crippen molar-refractivity contribution in [2.24, 2.45) is 5.92 Å². The Labute approximate surface area is 152 Å². The lowest BCUT2D eigenvalue weighted by molar-refractivity contribution is 0.350. The van der Waals surface area contributed by atoms with Crippen molar-refractivity contribution < 1.29 is 5.11 Å². The van der Waals surface area contributed by atoms with Gasteiger partial charge < -0.3 is 26.8 Å². The fourth-order valence-electron chi connectivity index (χ4n) is 2.78. The van der Waals surface area contributed by atoms with Gasteiger partial charge in [0.25, 0.3) is 0 Å². The third-order valence-corrected chi connectivity index (χ3v) is 4.17. The van der Waals surface area contributed by atoms with Crippen molar-refractivity contribution in [2.45, 2.75) is 12.8 Å². The minimum atomic E-state index is -0.186. The number of hydrogen-bond acceptors (Lipinski definition) is 8. The molecular weight excluding hydrogens is 330 g/mol. The Morgan fingerprint density at radius 3 is 2.69 bits per heavy atom. The zero-order valence-electron chi connectivity index (χ0n) is 14.5. The predicted octanol–water partition coefficient (Wildman–Crippen LogP) is 0.953. The highest BCUT2D eigenvalue weighted by Gasteiger charge is 2.13. The molecule has 1 aliphatic rings. The van der Waals surface area contributed by atoms with Crippen LogP contribution in [0.4, 0.5) is 23.1 Å². The third kappa shape index (κ3) is 5.05. The first-order valence-electron chi connectivity index (χ1n) is 8.63. The summed E-state index contributed by atoms with van der Waals surface area (Å²) in [7, 11) is 0. The third-order valence-electron chi connectivity index (χ3n) is 4.17. The van der Waals surface area contributed by atoms with Gasteiger partial charge in [0.2, 0.25) is 0 Å². The molecule has 0 aromatic carbocycles. The highest BCUT2D eigenvalue weighted by molar-refractivity contribution is 5.65. The second kappa shape index (κ2) is 8.99. The van der Waals surface area contributed by atoms with Crippen LogP contribution in [0.15, 0.2) is 24.7 Å². The summed E-state index contributed by atoms with van der Waals surface area (Å²) >= 11 is 0. The van der Waals surface area contributed by atoms with E-state index in [1.165, 1.54) is 6.20 Å². The molecule has 0 spiro atoms. The van der Waals surface area contributed by atoms with Gasteiger partial charge >= 0.3 is 0 Å². The van der Waals surface area contributed by atoms with E-state index in [0.29, 0.717) is 23.4 Å². The maximum atomic E-state index is 8.96. The van der Waals surface area contributed by atoms with E-state index >= 15 is 0 Å². The number of nitrogens with one attached hydrogen (secondary N) is 3. The van der Waals surface area contributed by atoms with E-state index in [-0.39, 0.29) is 6.61 Å². The van der Waals surface area contributed by atoms with Gasteiger partial charge in [0.05, 0.1) is 23.6 Å². The van der Waals surface area contributed by atoms with Crippen molar-refractivity contribution in [2.75, 3.05) is 42.6 Å². The van der Waals surface area contributed by atoms with Crippen LogP contribution in [0.25, 0.3) is 0 Å². The summed E-state index contributed by atoms with van der Waals surface area (Å²) in [4.78, 5) is 12.5. The molecule has 0 radical (unpaired) electrons. The molecule has 1 fully saturated rings. The number of nitrogen functional groups attached to an aromatic ring is 1.